The summed E-state index contributed by atoms with van der Waals surface area (Å²) in [6, 6.07) is 17.1. The summed E-state index contributed by atoms with van der Waals surface area (Å²) in [6.07, 6.45) is 0. The smallest absolute Gasteiger partial charge is 0.171 e. The normalized spacial score (nSPS) is 12.3. The molecule has 0 aliphatic heterocycles. The Morgan fingerprint density at radius 2 is 1.54 bits per heavy atom. The van der Waals surface area contributed by atoms with E-state index < -0.39 is 0 Å². The third kappa shape index (κ3) is 4.81. The molecule has 2 N–H and O–H groups in total. The molecule has 2 nitrogen and oxygen atoms in total. The maximum atomic E-state index is 5.54. The van der Waals surface area contributed by atoms with Crippen LogP contribution in [0, 0.1) is 12.8 Å². The van der Waals surface area contributed by atoms with Crippen LogP contribution in [0.4, 0.5) is 5.69 Å². The van der Waals surface area contributed by atoms with E-state index in [-0.39, 0.29) is 6.04 Å². The predicted octanol–water partition coefficient (Wildman–Crippen LogP) is 5.80. The number of hydrogen-bond donors (Lipinski definition) is 2. The molecule has 0 amide bonds. The number of thiocarbonyl (C=S) groups is 1. The summed E-state index contributed by atoms with van der Waals surface area (Å²) < 4.78 is 0. The first kappa shape index (κ1) is 18.5. The van der Waals surface area contributed by atoms with Crippen molar-refractivity contribution in [1.82, 2.24) is 5.32 Å². The number of nitrogens with one attached hydrogen (secondary N) is 2. The van der Waals surface area contributed by atoms with Crippen molar-refractivity contribution < 1.29 is 0 Å². The van der Waals surface area contributed by atoms with Crippen LogP contribution < -0.4 is 10.6 Å². The molecule has 0 bridgehead atoms. The van der Waals surface area contributed by atoms with Gasteiger partial charge < -0.3 is 10.6 Å². The quantitative estimate of drug-likeness (QED) is 0.672. The molecule has 1 atom stereocenters. The average molecular weight is 341 g/mol. The van der Waals surface area contributed by atoms with Gasteiger partial charge in [-0.2, -0.15) is 0 Å². The third-order valence-electron chi connectivity index (χ3n) is 4.31. The SMILES string of the molecule is Cc1ccccc1C(NC(=S)Nc1ccc(C(C)C)cc1)C(C)C. The van der Waals surface area contributed by atoms with Crippen LogP contribution in [0.1, 0.15) is 56.3 Å². The van der Waals surface area contributed by atoms with Gasteiger partial charge in [0.2, 0.25) is 0 Å². The molecule has 128 valence electrons. The lowest BCUT2D eigenvalue weighted by molar-refractivity contribution is 0.471. The number of rotatable bonds is 5. The minimum Gasteiger partial charge on any atom is -0.355 e. The molecule has 0 spiro atoms. The monoisotopic (exact) mass is 340 g/mol. The van der Waals surface area contributed by atoms with E-state index in [2.05, 4.69) is 93.8 Å². The summed E-state index contributed by atoms with van der Waals surface area (Å²) in [7, 11) is 0. The molecule has 3 heteroatoms. The van der Waals surface area contributed by atoms with Crippen molar-refractivity contribution in [2.24, 2.45) is 5.92 Å². The Balaban J connectivity index is 2.07. The van der Waals surface area contributed by atoms with E-state index in [4.69, 9.17) is 12.2 Å². The van der Waals surface area contributed by atoms with E-state index >= 15 is 0 Å². The molecule has 2 rings (SSSR count). The molecule has 0 saturated carbocycles. The first-order chi connectivity index (χ1) is 11.4. The van der Waals surface area contributed by atoms with Gasteiger partial charge in [-0.1, -0.05) is 64.1 Å². The zero-order valence-electron chi connectivity index (χ0n) is 15.3. The molecule has 0 aliphatic rings. The zero-order chi connectivity index (χ0) is 17.7. The van der Waals surface area contributed by atoms with Crippen LogP contribution in [0.3, 0.4) is 0 Å². The van der Waals surface area contributed by atoms with E-state index in [0.717, 1.165) is 5.69 Å². The van der Waals surface area contributed by atoms with E-state index in [1.54, 1.807) is 0 Å². The Bertz CT molecular complexity index is 674. The summed E-state index contributed by atoms with van der Waals surface area (Å²) in [6.45, 7) is 11.0. The fourth-order valence-electron chi connectivity index (χ4n) is 2.80. The van der Waals surface area contributed by atoms with Gasteiger partial charge in [-0.15, -0.1) is 0 Å². The highest BCUT2D eigenvalue weighted by molar-refractivity contribution is 7.80. The minimum atomic E-state index is 0.195. The molecule has 0 radical (unpaired) electrons. The molecule has 0 aliphatic carbocycles. The Kier molecular flexibility index (Phi) is 6.38. The van der Waals surface area contributed by atoms with Gasteiger partial charge >= 0.3 is 0 Å². The van der Waals surface area contributed by atoms with E-state index in [9.17, 15) is 0 Å². The summed E-state index contributed by atoms with van der Waals surface area (Å²) in [5.41, 5.74) is 4.93. The van der Waals surface area contributed by atoms with Gasteiger partial charge in [0.1, 0.15) is 0 Å². The van der Waals surface area contributed by atoms with E-state index in [1.165, 1.54) is 16.7 Å². The van der Waals surface area contributed by atoms with Crippen molar-refractivity contribution in [2.45, 2.75) is 46.6 Å². The van der Waals surface area contributed by atoms with Crippen molar-refractivity contribution in [3.8, 4) is 0 Å². The van der Waals surface area contributed by atoms with Crippen molar-refractivity contribution in [1.29, 1.82) is 0 Å². The molecule has 0 saturated heterocycles. The lowest BCUT2D eigenvalue weighted by Crippen LogP contribution is -2.35. The van der Waals surface area contributed by atoms with Crippen LogP contribution >= 0.6 is 12.2 Å². The topological polar surface area (TPSA) is 24.1 Å². The fourth-order valence-corrected chi connectivity index (χ4v) is 3.04. The highest BCUT2D eigenvalue weighted by Crippen LogP contribution is 2.25. The van der Waals surface area contributed by atoms with Crippen LogP contribution in [0.25, 0.3) is 0 Å². The molecule has 0 aromatic heterocycles. The maximum absolute atomic E-state index is 5.54. The van der Waals surface area contributed by atoms with Crippen molar-refractivity contribution in [2.75, 3.05) is 5.32 Å². The van der Waals surface area contributed by atoms with Crippen molar-refractivity contribution in [3.63, 3.8) is 0 Å². The Morgan fingerprint density at radius 3 is 2.08 bits per heavy atom. The van der Waals surface area contributed by atoms with Crippen LogP contribution in [0.5, 0.6) is 0 Å². The summed E-state index contributed by atoms with van der Waals surface area (Å²) in [5.74, 6) is 0.977. The van der Waals surface area contributed by atoms with Gasteiger partial charge in [0.05, 0.1) is 6.04 Å². The number of hydrogen-bond acceptors (Lipinski definition) is 1. The number of benzene rings is 2. The standard InChI is InChI=1S/C21H28N2S/c1-14(2)17-10-12-18(13-11-17)22-21(24)23-20(15(3)4)19-9-7-6-8-16(19)5/h6-15,20H,1-5H3,(H2,22,23,24). The van der Waals surface area contributed by atoms with Gasteiger partial charge in [-0.3, -0.25) is 0 Å². The Morgan fingerprint density at radius 1 is 0.917 bits per heavy atom. The van der Waals surface area contributed by atoms with Crippen molar-refractivity contribution >= 4 is 23.0 Å². The molecule has 1 unspecified atom stereocenters. The van der Waals surface area contributed by atoms with E-state index in [1.807, 2.05) is 0 Å². The zero-order valence-corrected chi connectivity index (χ0v) is 16.1. The Labute approximate surface area is 151 Å². The second-order valence-electron chi connectivity index (χ2n) is 6.95. The highest BCUT2D eigenvalue weighted by Gasteiger charge is 2.18. The van der Waals surface area contributed by atoms with E-state index in [0.29, 0.717) is 16.9 Å². The van der Waals surface area contributed by atoms with Gasteiger partial charge in [0.15, 0.2) is 5.11 Å². The first-order valence-electron chi connectivity index (χ1n) is 8.61. The largest absolute Gasteiger partial charge is 0.355 e. The van der Waals surface area contributed by atoms with Gasteiger partial charge in [0.25, 0.3) is 0 Å². The summed E-state index contributed by atoms with van der Waals surface area (Å²) in [4.78, 5) is 0. The first-order valence-corrected chi connectivity index (χ1v) is 9.02. The second-order valence-corrected chi connectivity index (χ2v) is 7.36. The lowest BCUT2D eigenvalue weighted by atomic mass is 9.93. The molecule has 0 heterocycles. The fraction of sp³-hybridized carbons (Fsp3) is 0.381. The molecule has 24 heavy (non-hydrogen) atoms. The molecule has 2 aromatic carbocycles. The molecule has 0 fully saturated rings. The Hall–Kier alpha value is -1.87. The average Bonchev–Trinajstić information content (AvgIpc) is 2.53. The predicted molar refractivity (Wildman–Crippen MR) is 109 cm³/mol. The van der Waals surface area contributed by atoms with Gasteiger partial charge in [-0.25, -0.2) is 0 Å². The number of anilines is 1. The van der Waals surface area contributed by atoms with Gasteiger partial charge in [0, 0.05) is 5.69 Å². The molecule has 2 aromatic rings. The van der Waals surface area contributed by atoms with Crippen LogP contribution in [0.15, 0.2) is 48.5 Å². The highest BCUT2D eigenvalue weighted by atomic mass is 32.1. The summed E-state index contributed by atoms with van der Waals surface area (Å²) in [5, 5.41) is 7.44. The molecular weight excluding hydrogens is 312 g/mol. The third-order valence-corrected chi connectivity index (χ3v) is 4.53. The summed E-state index contributed by atoms with van der Waals surface area (Å²) >= 11 is 5.54. The van der Waals surface area contributed by atoms with Crippen LogP contribution in [-0.4, -0.2) is 5.11 Å². The van der Waals surface area contributed by atoms with Gasteiger partial charge in [-0.05, 0) is 59.8 Å². The minimum absolute atomic E-state index is 0.195. The molecular formula is C21H28N2S. The van der Waals surface area contributed by atoms with Crippen molar-refractivity contribution in [3.05, 3.63) is 65.2 Å². The van der Waals surface area contributed by atoms with Crippen LogP contribution in [0.2, 0.25) is 0 Å². The van der Waals surface area contributed by atoms with Crippen LogP contribution in [-0.2, 0) is 0 Å². The second kappa shape index (κ2) is 8.29. The maximum Gasteiger partial charge on any atom is 0.171 e. The lowest BCUT2D eigenvalue weighted by Gasteiger charge is -2.26. The number of aryl methyl sites for hydroxylation is 1.